The van der Waals surface area contributed by atoms with E-state index in [1.165, 1.54) is 19.3 Å². The topological polar surface area (TPSA) is 91.0 Å². The largest absolute Gasteiger partial charge is 0.359 e. The van der Waals surface area contributed by atoms with E-state index >= 15 is 0 Å². The summed E-state index contributed by atoms with van der Waals surface area (Å²) in [5.74, 6) is -1.25. The van der Waals surface area contributed by atoms with Gasteiger partial charge >= 0.3 is 0 Å². The summed E-state index contributed by atoms with van der Waals surface area (Å²) in [6.45, 7) is 5.82. The van der Waals surface area contributed by atoms with Gasteiger partial charge in [0.05, 0.1) is 17.9 Å². The highest BCUT2D eigenvalue weighted by Crippen LogP contribution is 2.55. The highest BCUT2D eigenvalue weighted by molar-refractivity contribution is 6.30. The van der Waals surface area contributed by atoms with Crippen LogP contribution in [-0.4, -0.2) is 77.5 Å². The molecule has 3 saturated heterocycles. The molecule has 1 saturated carbocycles. The number of carbonyl (C=O) groups excluding carboxylic acids is 3. The van der Waals surface area contributed by atoms with Gasteiger partial charge in [0, 0.05) is 23.3 Å². The zero-order valence-corrected chi connectivity index (χ0v) is 24.1. The molecule has 8 nitrogen and oxygen atoms in total. The maximum absolute atomic E-state index is 14.1. The Morgan fingerprint density at radius 1 is 1.02 bits per heavy atom. The summed E-state index contributed by atoms with van der Waals surface area (Å²) in [7, 11) is 0. The summed E-state index contributed by atoms with van der Waals surface area (Å²) in [6.07, 6.45) is 11.7. The normalized spacial score (nSPS) is 32.5. The lowest BCUT2D eigenvalue weighted by Gasteiger charge is -2.35. The van der Waals surface area contributed by atoms with Crippen LogP contribution in [0.25, 0.3) is 0 Å². The Labute approximate surface area is 241 Å². The number of anilines is 1. The second-order valence-corrected chi connectivity index (χ2v) is 12.9. The Morgan fingerprint density at radius 3 is 2.48 bits per heavy atom. The summed E-state index contributed by atoms with van der Waals surface area (Å²) in [5, 5.41) is 6.80. The molecule has 1 aromatic carbocycles. The molecule has 0 aromatic heterocycles. The van der Waals surface area contributed by atoms with Crippen LogP contribution in [0.1, 0.15) is 58.3 Å². The van der Waals surface area contributed by atoms with Crippen molar-refractivity contribution in [3.8, 4) is 0 Å². The van der Waals surface area contributed by atoms with E-state index in [0.717, 1.165) is 57.7 Å². The molecule has 4 fully saturated rings. The summed E-state index contributed by atoms with van der Waals surface area (Å²) in [4.78, 5) is 45.9. The van der Waals surface area contributed by atoms with Gasteiger partial charge in [-0.25, -0.2) is 0 Å². The lowest BCUT2D eigenvalue weighted by atomic mass is 9.74. The van der Waals surface area contributed by atoms with Gasteiger partial charge in [-0.2, -0.15) is 0 Å². The third-order valence-corrected chi connectivity index (χ3v) is 9.99. The van der Waals surface area contributed by atoms with Crippen LogP contribution in [0.15, 0.2) is 36.4 Å². The standard InChI is InChI=1S/C31H41ClN4O4/c1-20-13-18-35(19-14-20)16-5-17-36-27(29(38)34-22-6-3-2-4-7-22)31-15-12-24(40-31)25(26(31)30(36)39)28(37)33-23-10-8-21(32)9-11-23/h8-12,15,20,22,24-27H,2-7,13-14,16-19H2,1H3,(H,33,37)(H,34,38). The van der Waals surface area contributed by atoms with Crippen molar-refractivity contribution in [1.29, 1.82) is 0 Å². The van der Waals surface area contributed by atoms with E-state index in [2.05, 4.69) is 22.5 Å². The number of hydrogen-bond donors (Lipinski definition) is 2. The molecule has 5 unspecified atom stereocenters. The monoisotopic (exact) mass is 568 g/mol. The predicted octanol–water partition coefficient (Wildman–Crippen LogP) is 4.00. The average Bonchev–Trinajstić information content (AvgIpc) is 3.59. The summed E-state index contributed by atoms with van der Waals surface area (Å²) < 4.78 is 6.48. The lowest BCUT2D eigenvalue weighted by molar-refractivity contribution is -0.141. The third kappa shape index (κ3) is 5.19. The maximum atomic E-state index is 14.1. The minimum Gasteiger partial charge on any atom is -0.359 e. The minimum atomic E-state index is -1.12. The zero-order valence-electron chi connectivity index (χ0n) is 23.3. The number of rotatable bonds is 8. The van der Waals surface area contributed by atoms with Crippen LogP contribution in [-0.2, 0) is 19.1 Å². The van der Waals surface area contributed by atoms with Crippen molar-refractivity contribution in [2.45, 2.75) is 82.1 Å². The quantitative estimate of drug-likeness (QED) is 0.463. The van der Waals surface area contributed by atoms with Gasteiger partial charge in [-0.3, -0.25) is 14.4 Å². The van der Waals surface area contributed by atoms with Crippen molar-refractivity contribution in [2.24, 2.45) is 17.8 Å². The number of halogens is 1. The molecule has 4 aliphatic heterocycles. The van der Waals surface area contributed by atoms with Gasteiger partial charge in [0.1, 0.15) is 11.6 Å². The number of amides is 3. The molecule has 4 heterocycles. The molecule has 1 spiro atoms. The van der Waals surface area contributed by atoms with Crippen molar-refractivity contribution in [3.05, 3.63) is 41.4 Å². The van der Waals surface area contributed by atoms with Gasteiger partial charge in [-0.15, -0.1) is 0 Å². The molecule has 9 heteroatoms. The van der Waals surface area contributed by atoms with Crippen LogP contribution < -0.4 is 10.6 Å². The van der Waals surface area contributed by atoms with E-state index in [0.29, 0.717) is 17.3 Å². The summed E-state index contributed by atoms with van der Waals surface area (Å²) in [6, 6.07) is 6.26. The van der Waals surface area contributed by atoms with Crippen LogP contribution in [0.3, 0.4) is 0 Å². The van der Waals surface area contributed by atoms with Gasteiger partial charge in [0.2, 0.25) is 17.7 Å². The van der Waals surface area contributed by atoms with Gasteiger partial charge in [0.15, 0.2) is 0 Å². The predicted molar refractivity (Wildman–Crippen MR) is 154 cm³/mol. The van der Waals surface area contributed by atoms with E-state index in [4.69, 9.17) is 16.3 Å². The van der Waals surface area contributed by atoms with Crippen LogP contribution in [0.4, 0.5) is 5.69 Å². The fraction of sp³-hybridized carbons (Fsp3) is 0.645. The number of nitrogens with zero attached hydrogens (tertiary/aromatic N) is 2. The van der Waals surface area contributed by atoms with Gasteiger partial charge in [-0.05, 0) is 81.9 Å². The van der Waals surface area contributed by atoms with E-state index in [1.54, 1.807) is 29.2 Å². The van der Waals surface area contributed by atoms with E-state index in [1.807, 2.05) is 12.2 Å². The molecule has 5 atom stereocenters. The molecule has 3 amide bonds. The third-order valence-electron chi connectivity index (χ3n) is 9.74. The molecule has 216 valence electrons. The number of ether oxygens (including phenoxy) is 1. The molecule has 1 aromatic rings. The van der Waals surface area contributed by atoms with Crippen molar-refractivity contribution in [2.75, 3.05) is 31.5 Å². The number of carbonyl (C=O) groups is 3. The average molecular weight is 569 g/mol. The van der Waals surface area contributed by atoms with E-state index in [-0.39, 0.29) is 23.8 Å². The molecule has 0 radical (unpaired) electrons. The maximum Gasteiger partial charge on any atom is 0.246 e. The number of hydrogen-bond acceptors (Lipinski definition) is 5. The SMILES string of the molecule is CC1CCN(CCCN2C(=O)C3C(C(=O)Nc4ccc(Cl)cc4)C4C=CC3(O4)C2C(=O)NC2CCCCC2)CC1. The first kappa shape index (κ1) is 27.7. The Morgan fingerprint density at radius 2 is 1.75 bits per heavy atom. The van der Waals surface area contributed by atoms with Crippen molar-refractivity contribution in [1.82, 2.24) is 15.1 Å². The molecule has 1 aliphatic carbocycles. The lowest BCUT2D eigenvalue weighted by Crippen LogP contribution is -2.56. The molecule has 6 rings (SSSR count). The number of nitrogens with one attached hydrogen (secondary N) is 2. The van der Waals surface area contributed by atoms with Crippen LogP contribution >= 0.6 is 11.6 Å². The van der Waals surface area contributed by atoms with Crippen LogP contribution in [0.5, 0.6) is 0 Å². The molecule has 40 heavy (non-hydrogen) atoms. The van der Waals surface area contributed by atoms with Crippen molar-refractivity contribution >= 4 is 35.0 Å². The summed E-state index contributed by atoms with van der Waals surface area (Å²) in [5.41, 5.74) is -0.511. The molecular formula is C31H41ClN4O4. The molecule has 2 N–H and O–H groups in total. The molecule has 5 aliphatic rings. The fourth-order valence-corrected chi connectivity index (χ4v) is 7.67. The van der Waals surface area contributed by atoms with Crippen LogP contribution in [0, 0.1) is 17.8 Å². The number of piperidine rings is 1. The second-order valence-electron chi connectivity index (χ2n) is 12.5. The first-order chi connectivity index (χ1) is 19.4. The number of likely N-dealkylation sites (tertiary alicyclic amines) is 2. The van der Waals surface area contributed by atoms with E-state index in [9.17, 15) is 14.4 Å². The molecular weight excluding hydrogens is 528 g/mol. The smallest absolute Gasteiger partial charge is 0.246 e. The summed E-state index contributed by atoms with van der Waals surface area (Å²) >= 11 is 6.01. The molecule has 2 bridgehead atoms. The fourth-order valence-electron chi connectivity index (χ4n) is 7.54. The van der Waals surface area contributed by atoms with Gasteiger partial charge < -0.3 is 25.2 Å². The van der Waals surface area contributed by atoms with E-state index < -0.39 is 29.6 Å². The minimum absolute atomic E-state index is 0.121. The van der Waals surface area contributed by atoms with Crippen LogP contribution in [0.2, 0.25) is 5.02 Å². The van der Waals surface area contributed by atoms with Crippen molar-refractivity contribution in [3.63, 3.8) is 0 Å². The van der Waals surface area contributed by atoms with Crippen molar-refractivity contribution < 1.29 is 19.1 Å². The first-order valence-corrected chi connectivity index (χ1v) is 15.5. The van der Waals surface area contributed by atoms with Gasteiger partial charge in [0.25, 0.3) is 0 Å². The Balaban J connectivity index is 1.22. The highest BCUT2D eigenvalue weighted by Gasteiger charge is 2.72. The number of fused-ring (bicyclic) bond motifs is 1. The zero-order chi connectivity index (χ0) is 27.9. The first-order valence-electron chi connectivity index (χ1n) is 15.1. The second kappa shape index (κ2) is 11.5. The highest BCUT2D eigenvalue weighted by atomic mass is 35.5. The Bertz CT molecular complexity index is 1140. The van der Waals surface area contributed by atoms with Gasteiger partial charge in [-0.1, -0.05) is 49.9 Å². The Hall–Kier alpha value is -2.42. The number of benzene rings is 1. The Kier molecular flexibility index (Phi) is 7.94.